The summed E-state index contributed by atoms with van der Waals surface area (Å²) >= 11 is 0. The maximum atomic E-state index is 11.6. The fraction of sp³-hybridized carbons (Fsp3) is 0.462. The van der Waals surface area contributed by atoms with E-state index in [9.17, 15) is 9.90 Å². The van der Waals surface area contributed by atoms with Crippen LogP contribution in [0.4, 0.5) is 4.79 Å². The second-order valence-electron chi connectivity index (χ2n) is 4.69. The summed E-state index contributed by atoms with van der Waals surface area (Å²) in [5.74, 6) is 0. The molecule has 1 unspecified atom stereocenters. The molecule has 0 aliphatic carbocycles. The third-order valence-corrected chi connectivity index (χ3v) is 2.78. The maximum Gasteiger partial charge on any atom is 0.315 e. The highest BCUT2D eigenvalue weighted by molar-refractivity contribution is 5.74. The minimum absolute atomic E-state index is 0.278. The molecule has 1 rings (SSSR count). The third-order valence-electron chi connectivity index (χ3n) is 2.78. The van der Waals surface area contributed by atoms with Gasteiger partial charge < -0.3 is 15.7 Å². The smallest absolute Gasteiger partial charge is 0.315 e. The quantitative estimate of drug-likeness (QED) is 0.744. The molecule has 0 aromatic heterocycles. The van der Waals surface area contributed by atoms with Gasteiger partial charge in [-0.05, 0) is 26.3 Å². The Labute approximate surface area is 102 Å². The van der Waals surface area contributed by atoms with Gasteiger partial charge in [-0.15, -0.1) is 0 Å². The number of amides is 2. The summed E-state index contributed by atoms with van der Waals surface area (Å²) in [6.45, 7) is 5.68. The van der Waals surface area contributed by atoms with Crippen LogP contribution in [0.2, 0.25) is 0 Å². The lowest BCUT2D eigenvalue weighted by Crippen LogP contribution is -2.54. The van der Waals surface area contributed by atoms with Gasteiger partial charge in [0, 0.05) is 6.54 Å². The number of carbonyl (C=O) groups is 1. The fourth-order valence-electron chi connectivity index (χ4n) is 1.22. The molecule has 0 saturated carbocycles. The first kappa shape index (κ1) is 13.5. The maximum absolute atomic E-state index is 11.6. The van der Waals surface area contributed by atoms with E-state index in [-0.39, 0.29) is 6.03 Å². The molecule has 0 radical (unpaired) electrons. The van der Waals surface area contributed by atoms with E-state index in [1.165, 1.54) is 0 Å². The summed E-state index contributed by atoms with van der Waals surface area (Å²) in [7, 11) is 0. The van der Waals surface area contributed by atoms with Gasteiger partial charge in [-0.1, -0.05) is 30.3 Å². The van der Waals surface area contributed by atoms with Crippen LogP contribution in [-0.4, -0.2) is 22.8 Å². The van der Waals surface area contributed by atoms with Crippen LogP contribution in [0.5, 0.6) is 0 Å². The lowest BCUT2D eigenvalue weighted by molar-refractivity contribution is 0.101. The number of aliphatic hydroxyl groups is 1. The molecule has 0 fully saturated rings. The highest BCUT2D eigenvalue weighted by Crippen LogP contribution is 2.07. The standard InChI is InChI=1S/C13H20N2O2/c1-10(16)13(2,3)15-12(17)14-9-11-7-5-4-6-8-11/h4-8,10,16H,9H2,1-3H3,(H2,14,15,17). The van der Waals surface area contributed by atoms with E-state index in [1.807, 2.05) is 30.3 Å². The first-order valence-corrected chi connectivity index (χ1v) is 5.70. The number of hydrogen-bond acceptors (Lipinski definition) is 2. The number of aliphatic hydroxyl groups excluding tert-OH is 1. The molecule has 94 valence electrons. The van der Waals surface area contributed by atoms with Crippen LogP contribution in [-0.2, 0) is 6.54 Å². The number of carbonyl (C=O) groups excluding carboxylic acids is 1. The Morgan fingerprint density at radius 1 is 1.35 bits per heavy atom. The van der Waals surface area contributed by atoms with Crippen molar-refractivity contribution in [2.45, 2.75) is 39.0 Å². The summed E-state index contributed by atoms with van der Waals surface area (Å²) in [4.78, 5) is 11.6. The van der Waals surface area contributed by atoms with E-state index in [4.69, 9.17) is 0 Å². The van der Waals surface area contributed by atoms with E-state index >= 15 is 0 Å². The molecule has 2 amide bonds. The second kappa shape index (κ2) is 5.68. The van der Waals surface area contributed by atoms with Crippen molar-refractivity contribution in [3.8, 4) is 0 Å². The van der Waals surface area contributed by atoms with E-state index in [1.54, 1.807) is 20.8 Å². The van der Waals surface area contributed by atoms with Gasteiger partial charge in [0.25, 0.3) is 0 Å². The average molecular weight is 236 g/mol. The Balaban J connectivity index is 2.41. The van der Waals surface area contributed by atoms with Gasteiger partial charge >= 0.3 is 6.03 Å². The summed E-state index contributed by atoms with van der Waals surface area (Å²) in [6, 6.07) is 9.39. The van der Waals surface area contributed by atoms with Crippen molar-refractivity contribution < 1.29 is 9.90 Å². The molecule has 4 heteroatoms. The minimum atomic E-state index is -0.638. The Bertz CT molecular complexity index is 361. The SMILES string of the molecule is CC(O)C(C)(C)NC(=O)NCc1ccccc1. The van der Waals surface area contributed by atoms with Crippen molar-refractivity contribution in [2.75, 3.05) is 0 Å². The normalized spacial score (nSPS) is 12.9. The van der Waals surface area contributed by atoms with Crippen LogP contribution >= 0.6 is 0 Å². The van der Waals surface area contributed by atoms with Crippen molar-refractivity contribution in [3.05, 3.63) is 35.9 Å². The van der Waals surface area contributed by atoms with E-state index in [0.717, 1.165) is 5.56 Å². The Morgan fingerprint density at radius 3 is 2.47 bits per heavy atom. The molecular weight excluding hydrogens is 216 g/mol. The highest BCUT2D eigenvalue weighted by Gasteiger charge is 2.25. The lowest BCUT2D eigenvalue weighted by Gasteiger charge is -2.29. The Hall–Kier alpha value is -1.55. The van der Waals surface area contributed by atoms with Gasteiger partial charge in [0.1, 0.15) is 0 Å². The summed E-state index contributed by atoms with van der Waals surface area (Å²) < 4.78 is 0. The van der Waals surface area contributed by atoms with E-state index in [2.05, 4.69) is 10.6 Å². The van der Waals surface area contributed by atoms with Crippen LogP contribution in [0.1, 0.15) is 26.3 Å². The molecule has 0 aliphatic heterocycles. The molecule has 4 nitrogen and oxygen atoms in total. The number of benzene rings is 1. The van der Waals surface area contributed by atoms with Gasteiger partial charge in [0.15, 0.2) is 0 Å². The topological polar surface area (TPSA) is 61.4 Å². The molecule has 1 aromatic rings. The van der Waals surface area contributed by atoms with Crippen molar-refractivity contribution in [3.63, 3.8) is 0 Å². The Kier molecular flexibility index (Phi) is 4.52. The zero-order chi connectivity index (χ0) is 12.9. The Morgan fingerprint density at radius 2 is 1.94 bits per heavy atom. The predicted octanol–water partition coefficient (Wildman–Crippen LogP) is 1.65. The van der Waals surface area contributed by atoms with Crippen LogP contribution in [0, 0.1) is 0 Å². The van der Waals surface area contributed by atoms with Crippen molar-refractivity contribution in [1.29, 1.82) is 0 Å². The number of hydrogen-bond donors (Lipinski definition) is 3. The number of nitrogens with one attached hydrogen (secondary N) is 2. The first-order chi connectivity index (χ1) is 7.92. The monoisotopic (exact) mass is 236 g/mol. The van der Waals surface area contributed by atoms with Crippen molar-refractivity contribution in [1.82, 2.24) is 10.6 Å². The molecule has 0 spiro atoms. The predicted molar refractivity (Wildman–Crippen MR) is 67.6 cm³/mol. The number of urea groups is 1. The van der Waals surface area contributed by atoms with E-state index in [0.29, 0.717) is 6.54 Å². The van der Waals surface area contributed by atoms with Gasteiger partial charge in [-0.25, -0.2) is 4.79 Å². The van der Waals surface area contributed by atoms with Gasteiger partial charge in [0.2, 0.25) is 0 Å². The summed E-state index contributed by atoms with van der Waals surface area (Å²) in [6.07, 6.45) is -0.607. The molecule has 1 aromatic carbocycles. The van der Waals surface area contributed by atoms with Crippen LogP contribution < -0.4 is 10.6 Å². The van der Waals surface area contributed by atoms with Crippen LogP contribution in [0.15, 0.2) is 30.3 Å². The van der Waals surface area contributed by atoms with Crippen molar-refractivity contribution in [2.24, 2.45) is 0 Å². The molecule has 3 N–H and O–H groups in total. The molecular formula is C13H20N2O2. The largest absolute Gasteiger partial charge is 0.391 e. The third kappa shape index (κ3) is 4.44. The second-order valence-corrected chi connectivity index (χ2v) is 4.69. The van der Waals surface area contributed by atoms with Crippen LogP contribution in [0.25, 0.3) is 0 Å². The zero-order valence-corrected chi connectivity index (χ0v) is 10.5. The summed E-state index contributed by atoms with van der Waals surface area (Å²) in [5.41, 5.74) is 0.401. The molecule has 17 heavy (non-hydrogen) atoms. The molecule has 0 saturated heterocycles. The van der Waals surface area contributed by atoms with Gasteiger partial charge in [-0.3, -0.25) is 0 Å². The molecule has 0 aliphatic rings. The molecule has 0 bridgehead atoms. The first-order valence-electron chi connectivity index (χ1n) is 5.70. The van der Waals surface area contributed by atoms with E-state index < -0.39 is 11.6 Å². The highest BCUT2D eigenvalue weighted by atomic mass is 16.3. The summed E-state index contributed by atoms with van der Waals surface area (Å²) in [5, 5.41) is 14.9. The van der Waals surface area contributed by atoms with Gasteiger partial charge in [0.05, 0.1) is 11.6 Å². The average Bonchev–Trinajstić information content (AvgIpc) is 2.27. The van der Waals surface area contributed by atoms with Crippen molar-refractivity contribution >= 4 is 6.03 Å². The van der Waals surface area contributed by atoms with Crippen LogP contribution in [0.3, 0.4) is 0 Å². The minimum Gasteiger partial charge on any atom is -0.391 e. The lowest BCUT2D eigenvalue weighted by atomic mass is 9.99. The van der Waals surface area contributed by atoms with Gasteiger partial charge in [-0.2, -0.15) is 0 Å². The molecule has 0 heterocycles. The number of rotatable bonds is 4. The molecule has 1 atom stereocenters. The fourth-order valence-corrected chi connectivity index (χ4v) is 1.22. The zero-order valence-electron chi connectivity index (χ0n) is 10.5.